The van der Waals surface area contributed by atoms with Crippen LogP contribution in [0.3, 0.4) is 0 Å². The van der Waals surface area contributed by atoms with Crippen LogP contribution in [0.4, 0.5) is 11.4 Å². The zero-order chi connectivity index (χ0) is 28.4. The molecule has 1 heterocycles. The Kier molecular flexibility index (Phi) is 4.80. The van der Waals surface area contributed by atoms with Gasteiger partial charge in [0.25, 0.3) is 0 Å². The summed E-state index contributed by atoms with van der Waals surface area (Å²) in [5.74, 6) is 0. The molecule has 9 aromatic carbocycles. The molecule has 0 radical (unpaired) electrons. The van der Waals surface area contributed by atoms with Gasteiger partial charge in [-0.1, -0.05) is 98.4 Å². The third kappa shape index (κ3) is 3.07. The molecule has 1 aromatic heterocycles. The average Bonchev–Trinajstić information content (AvgIpc) is 3.72. The standard InChI is InChI=1S/C38H22N2S3/c41-39-23-11-5-19(6-12-23)37-35-28-16-10-21-17-29-26-4-2-1-3-25(26)27-15-9-22-18-30(34(28)32(21)31(22)33(27)29)36(35)38(43-37)20-7-13-24(40-42)14-8-20/h1-18,39-42H. The van der Waals surface area contributed by atoms with Gasteiger partial charge in [0.05, 0.1) is 0 Å². The van der Waals surface area contributed by atoms with Gasteiger partial charge in [-0.3, -0.25) is 0 Å². The number of hydrogen-bond donors (Lipinski definition) is 4. The summed E-state index contributed by atoms with van der Waals surface area (Å²) in [5.41, 5.74) is 4.40. The number of thiophene rings is 1. The third-order valence-electron chi connectivity index (χ3n) is 9.37. The van der Waals surface area contributed by atoms with Crippen LogP contribution < -0.4 is 9.44 Å². The van der Waals surface area contributed by atoms with E-state index in [1.807, 2.05) is 11.3 Å². The summed E-state index contributed by atoms with van der Waals surface area (Å²) in [7, 11) is 0. The second-order valence-corrected chi connectivity index (χ2v) is 12.9. The molecular formula is C38H22N2S3. The Balaban J connectivity index is 1.41. The SMILES string of the molecule is SNc1ccc(-c2sc(-c3ccc(NS)cc3)c3c4cc5ccc6c7ccccc7c7cc8ccc(c23)c4c8c5c67)cc1. The molecule has 0 saturated heterocycles. The van der Waals surface area contributed by atoms with Crippen molar-refractivity contribution in [2.24, 2.45) is 0 Å². The van der Waals surface area contributed by atoms with Crippen molar-refractivity contribution in [3.8, 4) is 20.9 Å². The molecule has 0 fully saturated rings. The van der Waals surface area contributed by atoms with Gasteiger partial charge < -0.3 is 9.44 Å². The van der Waals surface area contributed by atoms with Crippen LogP contribution >= 0.6 is 37.0 Å². The first-order chi connectivity index (χ1) is 21.2. The zero-order valence-corrected chi connectivity index (χ0v) is 25.3. The highest BCUT2D eigenvalue weighted by Gasteiger charge is 2.26. The molecular weight excluding hydrogens is 581 g/mol. The normalized spacial score (nSPS) is 12.4. The highest BCUT2D eigenvalue weighted by atomic mass is 32.1. The number of anilines is 2. The third-order valence-corrected chi connectivity index (χ3v) is 11.2. The highest BCUT2D eigenvalue weighted by molar-refractivity contribution is 7.81. The van der Waals surface area contributed by atoms with Crippen LogP contribution in [0.1, 0.15) is 0 Å². The number of nitrogens with one attached hydrogen (secondary N) is 2. The van der Waals surface area contributed by atoms with Crippen molar-refractivity contribution in [2.75, 3.05) is 9.44 Å². The molecule has 0 bridgehead atoms. The van der Waals surface area contributed by atoms with E-state index in [4.69, 9.17) is 0 Å². The molecule has 0 atom stereocenters. The average molecular weight is 603 g/mol. The monoisotopic (exact) mass is 602 g/mol. The fourth-order valence-corrected chi connectivity index (χ4v) is 9.21. The first-order valence-electron chi connectivity index (χ1n) is 14.3. The molecule has 0 amide bonds. The Bertz CT molecular complexity index is 2670. The minimum absolute atomic E-state index is 0.982. The minimum atomic E-state index is 0.982. The molecule has 0 spiro atoms. The summed E-state index contributed by atoms with van der Waals surface area (Å²) >= 11 is 10.4. The molecule has 0 aliphatic carbocycles. The maximum Gasteiger partial charge on any atom is 0.0438 e. The molecule has 0 aliphatic rings. The Morgan fingerprint density at radius 2 is 0.884 bits per heavy atom. The van der Waals surface area contributed by atoms with E-state index in [2.05, 4.69) is 144 Å². The number of fused-ring (bicyclic) bond motifs is 6. The first kappa shape index (κ1) is 24.1. The predicted octanol–water partition coefficient (Wildman–Crippen LogP) is 12.0. The van der Waals surface area contributed by atoms with E-state index in [0.717, 1.165) is 11.4 Å². The van der Waals surface area contributed by atoms with Crippen LogP contribution in [0, 0.1) is 0 Å². The maximum atomic E-state index is 4.26. The molecule has 10 aromatic rings. The van der Waals surface area contributed by atoms with E-state index in [9.17, 15) is 0 Å². The maximum absolute atomic E-state index is 4.26. The Labute approximate surface area is 262 Å². The molecule has 10 rings (SSSR count). The fraction of sp³-hybridized carbons (Fsp3) is 0. The van der Waals surface area contributed by atoms with Crippen LogP contribution in [0.15, 0.2) is 109 Å². The van der Waals surface area contributed by atoms with Crippen LogP contribution in [-0.2, 0) is 0 Å². The lowest BCUT2D eigenvalue weighted by Gasteiger charge is -2.13. The number of hydrogen-bond acceptors (Lipinski definition) is 5. The van der Waals surface area contributed by atoms with Crippen LogP contribution in [0.2, 0.25) is 0 Å². The number of thiol groups is 2. The van der Waals surface area contributed by atoms with Gasteiger partial charge in [0, 0.05) is 31.9 Å². The van der Waals surface area contributed by atoms with E-state index in [0.29, 0.717) is 0 Å². The highest BCUT2D eigenvalue weighted by Crippen LogP contribution is 2.55. The molecule has 2 N–H and O–H groups in total. The lowest BCUT2D eigenvalue weighted by atomic mass is 9.90. The summed E-state index contributed by atoms with van der Waals surface area (Å²) in [5, 5.41) is 18.9. The molecule has 5 heteroatoms. The van der Waals surface area contributed by atoms with Gasteiger partial charge in [-0.15, -0.1) is 11.3 Å². The molecule has 0 aliphatic heterocycles. The van der Waals surface area contributed by atoms with E-state index in [1.54, 1.807) is 0 Å². The molecule has 202 valence electrons. The summed E-state index contributed by atoms with van der Waals surface area (Å²) in [6.45, 7) is 0. The first-order valence-corrected chi connectivity index (χ1v) is 16.0. The van der Waals surface area contributed by atoms with Gasteiger partial charge in [0.2, 0.25) is 0 Å². The fourth-order valence-electron chi connectivity index (χ4n) is 7.57. The lowest BCUT2D eigenvalue weighted by molar-refractivity contribution is 1.69. The van der Waals surface area contributed by atoms with Crippen molar-refractivity contribution in [3.63, 3.8) is 0 Å². The second-order valence-electron chi connectivity index (χ2n) is 11.5. The number of rotatable bonds is 4. The van der Waals surface area contributed by atoms with Gasteiger partial charge in [-0.05, 0) is 112 Å². The van der Waals surface area contributed by atoms with Crippen molar-refractivity contribution < 1.29 is 0 Å². The summed E-state index contributed by atoms with van der Waals surface area (Å²) in [6.07, 6.45) is 0. The van der Waals surface area contributed by atoms with Crippen molar-refractivity contribution >= 4 is 124 Å². The second kappa shape index (κ2) is 8.57. The number of benzene rings is 7. The molecule has 0 saturated carbocycles. The largest absolute Gasteiger partial charge is 0.332 e. The minimum Gasteiger partial charge on any atom is -0.332 e. The van der Waals surface area contributed by atoms with Crippen molar-refractivity contribution in [2.45, 2.75) is 0 Å². The van der Waals surface area contributed by atoms with Crippen LogP contribution in [-0.4, -0.2) is 0 Å². The van der Waals surface area contributed by atoms with E-state index >= 15 is 0 Å². The van der Waals surface area contributed by atoms with E-state index in [-0.39, 0.29) is 0 Å². The van der Waals surface area contributed by atoms with Crippen molar-refractivity contribution in [1.82, 2.24) is 0 Å². The van der Waals surface area contributed by atoms with Crippen molar-refractivity contribution in [1.29, 1.82) is 0 Å². The van der Waals surface area contributed by atoms with Gasteiger partial charge in [-0.2, -0.15) is 0 Å². The smallest absolute Gasteiger partial charge is 0.0438 e. The van der Waals surface area contributed by atoms with Gasteiger partial charge in [0.1, 0.15) is 0 Å². The summed E-state index contributed by atoms with van der Waals surface area (Å²) in [6, 6.07) is 40.4. The lowest BCUT2D eigenvalue weighted by Crippen LogP contribution is -1.85. The summed E-state index contributed by atoms with van der Waals surface area (Å²) in [4.78, 5) is 2.60. The zero-order valence-electron chi connectivity index (χ0n) is 22.7. The quantitative estimate of drug-likeness (QED) is 0.119. The van der Waals surface area contributed by atoms with Gasteiger partial charge >= 0.3 is 0 Å². The van der Waals surface area contributed by atoms with Crippen LogP contribution in [0.5, 0.6) is 0 Å². The van der Waals surface area contributed by atoms with Gasteiger partial charge in [-0.25, -0.2) is 0 Å². The van der Waals surface area contributed by atoms with Crippen LogP contribution in [0.25, 0.3) is 96.3 Å². The topological polar surface area (TPSA) is 24.1 Å². The Morgan fingerprint density at radius 3 is 1.47 bits per heavy atom. The molecule has 0 unspecified atom stereocenters. The molecule has 2 nitrogen and oxygen atoms in total. The van der Waals surface area contributed by atoms with E-state index in [1.165, 1.54) is 96.3 Å². The van der Waals surface area contributed by atoms with Gasteiger partial charge in [0.15, 0.2) is 0 Å². The van der Waals surface area contributed by atoms with Crippen molar-refractivity contribution in [3.05, 3.63) is 109 Å². The Hall–Kier alpha value is -4.42. The van der Waals surface area contributed by atoms with E-state index < -0.39 is 0 Å². The molecule has 43 heavy (non-hydrogen) atoms. The summed E-state index contributed by atoms with van der Waals surface area (Å²) < 4.78 is 5.93. The Morgan fingerprint density at radius 1 is 0.395 bits per heavy atom. The predicted molar refractivity (Wildman–Crippen MR) is 197 cm³/mol.